The van der Waals surface area contributed by atoms with Crippen LogP contribution < -0.4 is 5.32 Å². The maximum absolute atomic E-state index is 3.95. The molecule has 10 heavy (non-hydrogen) atoms. The molecule has 0 unspecified atom stereocenters. The van der Waals surface area contributed by atoms with E-state index in [1.807, 2.05) is 0 Å². The van der Waals surface area contributed by atoms with E-state index in [4.69, 9.17) is 0 Å². The Kier molecular flexibility index (Phi) is 6.61. The van der Waals surface area contributed by atoms with Gasteiger partial charge in [-0.2, -0.15) is 0 Å². The van der Waals surface area contributed by atoms with Gasteiger partial charge >= 0.3 is 0 Å². The van der Waals surface area contributed by atoms with Crippen LogP contribution in [0.3, 0.4) is 0 Å². The molecule has 1 N–H and O–H groups in total. The van der Waals surface area contributed by atoms with Gasteiger partial charge in [0.25, 0.3) is 0 Å². The quantitative estimate of drug-likeness (QED) is 0.442. The largest absolute Gasteiger partial charge is 0.313 e. The van der Waals surface area contributed by atoms with Gasteiger partial charge in [-0.15, -0.1) is 0 Å². The van der Waals surface area contributed by atoms with E-state index in [-0.39, 0.29) is 0 Å². The monoisotopic (exact) mass is 141 g/mol. The van der Waals surface area contributed by atoms with Gasteiger partial charge in [0.05, 0.1) is 0 Å². The van der Waals surface area contributed by atoms with E-state index in [2.05, 4.69) is 25.7 Å². The molecule has 0 aliphatic heterocycles. The first-order valence-corrected chi connectivity index (χ1v) is 4.18. The first-order chi connectivity index (χ1) is 4.81. The predicted octanol–water partition coefficient (Wildman–Crippen LogP) is 2.34. The van der Waals surface area contributed by atoms with Crippen LogP contribution in [0.1, 0.15) is 33.1 Å². The number of hydrogen-bond acceptors (Lipinski definition) is 1. The van der Waals surface area contributed by atoms with Crippen LogP contribution in [0.25, 0.3) is 0 Å². The Morgan fingerprint density at radius 2 is 2.00 bits per heavy atom. The van der Waals surface area contributed by atoms with E-state index < -0.39 is 0 Å². The van der Waals surface area contributed by atoms with Crippen LogP contribution in [0, 0.1) is 0 Å². The smallest absolute Gasteiger partial charge is 0.0161 e. The van der Waals surface area contributed by atoms with Crippen molar-refractivity contribution >= 4 is 0 Å². The molecular formula is C9H19N. The van der Waals surface area contributed by atoms with Gasteiger partial charge in [0.1, 0.15) is 0 Å². The Morgan fingerprint density at radius 1 is 1.30 bits per heavy atom. The highest BCUT2D eigenvalue weighted by Crippen LogP contribution is 1.98. The van der Waals surface area contributed by atoms with Gasteiger partial charge in [-0.1, -0.05) is 32.4 Å². The molecule has 0 fully saturated rings. The van der Waals surface area contributed by atoms with Crippen LogP contribution in [0.2, 0.25) is 0 Å². The zero-order valence-corrected chi connectivity index (χ0v) is 7.24. The summed E-state index contributed by atoms with van der Waals surface area (Å²) >= 11 is 0. The van der Waals surface area contributed by atoms with Crippen LogP contribution >= 0.6 is 0 Å². The van der Waals surface area contributed by atoms with E-state index in [1.54, 1.807) is 0 Å². The van der Waals surface area contributed by atoms with Crippen molar-refractivity contribution < 1.29 is 0 Å². The van der Waals surface area contributed by atoms with E-state index in [0.717, 1.165) is 19.5 Å². The second-order valence-electron chi connectivity index (χ2n) is 2.68. The van der Waals surface area contributed by atoms with Gasteiger partial charge in [-0.25, -0.2) is 0 Å². The molecule has 0 aliphatic rings. The average molecular weight is 141 g/mol. The third kappa shape index (κ3) is 5.83. The summed E-state index contributed by atoms with van der Waals surface area (Å²) in [7, 11) is 0. The molecule has 0 heterocycles. The first kappa shape index (κ1) is 9.70. The summed E-state index contributed by atoms with van der Waals surface area (Å²) in [5, 5.41) is 3.32. The highest BCUT2D eigenvalue weighted by Gasteiger charge is 1.89. The Balaban J connectivity index is 3.05. The molecule has 0 saturated carbocycles. The minimum atomic E-state index is 1.00. The summed E-state index contributed by atoms with van der Waals surface area (Å²) in [5.41, 5.74) is 1.33. The van der Waals surface area contributed by atoms with Crippen LogP contribution in [0.4, 0.5) is 0 Å². The molecule has 0 aliphatic carbocycles. The van der Waals surface area contributed by atoms with Gasteiger partial charge in [0, 0.05) is 6.54 Å². The van der Waals surface area contributed by atoms with Crippen molar-refractivity contribution in [2.75, 3.05) is 13.1 Å². The summed E-state index contributed by atoms with van der Waals surface area (Å²) in [4.78, 5) is 0. The van der Waals surface area contributed by atoms with Crippen LogP contribution in [0.15, 0.2) is 12.2 Å². The second kappa shape index (κ2) is 6.81. The lowest BCUT2D eigenvalue weighted by molar-refractivity contribution is 0.695. The van der Waals surface area contributed by atoms with Gasteiger partial charge in [-0.3, -0.25) is 0 Å². The molecule has 0 aromatic rings. The average Bonchev–Trinajstić information content (AvgIpc) is 1.89. The molecule has 1 nitrogen and oxygen atoms in total. The fraction of sp³-hybridized carbons (Fsp3) is 0.778. The minimum Gasteiger partial charge on any atom is -0.313 e. The SMILES string of the molecule is C=C(CCC)CNCCC. The highest BCUT2D eigenvalue weighted by molar-refractivity contribution is 4.95. The molecule has 60 valence electrons. The van der Waals surface area contributed by atoms with Gasteiger partial charge < -0.3 is 5.32 Å². The Bertz CT molecular complexity index is 86.7. The predicted molar refractivity (Wildman–Crippen MR) is 47.2 cm³/mol. The Labute approximate surface area is 64.5 Å². The number of hydrogen-bond donors (Lipinski definition) is 1. The van der Waals surface area contributed by atoms with Crippen LogP contribution in [-0.4, -0.2) is 13.1 Å². The third-order valence-electron chi connectivity index (χ3n) is 1.41. The van der Waals surface area contributed by atoms with E-state index >= 15 is 0 Å². The van der Waals surface area contributed by atoms with E-state index in [0.29, 0.717) is 0 Å². The topological polar surface area (TPSA) is 12.0 Å². The molecule has 0 saturated heterocycles. The Hall–Kier alpha value is -0.300. The van der Waals surface area contributed by atoms with Gasteiger partial charge in [0.15, 0.2) is 0 Å². The van der Waals surface area contributed by atoms with Crippen molar-refractivity contribution in [3.8, 4) is 0 Å². The van der Waals surface area contributed by atoms with Crippen LogP contribution in [0.5, 0.6) is 0 Å². The lowest BCUT2D eigenvalue weighted by atomic mass is 10.2. The number of rotatable bonds is 6. The summed E-state index contributed by atoms with van der Waals surface area (Å²) in [5.74, 6) is 0. The molecular weight excluding hydrogens is 122 g/mol. The molecule has 0 rings (SSSR count). The maximum Gasteiger partial charge on any atom is 0.0161 e. The van der Waals surface area contributed by atoms with Crippen molar-refractivity contribution in [3.63, 3.8) is 0 Å². The standard InChI is InChI=1S/C9H19N/c1-4-6-9(3)8-10-7-5-2/h10H,3-8H2,1-2H3. The van der Waals surface area contributed by atoms with Crippen molar-refractivity contribution in [3.05, 3.63) is 12.2 Å². The number of nitrogens with one attached hydrogen (secondary N) is 1. The van der Waals surface area contributed by atoms with Crippen molar-refractivity contribution in [1.29, 1.82) is 0 Å². The molecule has 0 aromatic carbocycles. The van der Waals surface area contributed by atoms with E-state index in [9.17, 15) is 0 Å². The first-order valence-electron chi connectivity index (χ1n) is 4.18. The minimum absolute atomic E-state index is 1.00. The molecule has 0 aromatic heterocycles. The fourth-order valence-electron chi connectivity index (χ4n) is 0.884. The maximum atomic E-state index is 3.95. The van der Waals surface area contributed by atoms with Gasteiger partial charge in [0.2, 0.25) is 0 Å². The van der Waals surface area contributed by atoms with Gasteiger partial charge in [-0.05, 0) is 19.4 Å². The molecule has 0 radical (unpaired) electrons. The molecule has 0 atom stereocenters. The lowest BCUT2D eigenvalue weighted by Gasteiger charge is -2.04. The summed E-state index contributed by atoms with van der Waals surface area (Å²) in [6.45, 7) is 10.4. The highest BCUT2D eigenvalue weighted by atomic mass is 14.8. The van der Waals surface area contributed by atoms with E-state index in [1.165, 1.54) is 18.4 Å². The fourth-order valence-corrected chi connectivity index (χ4v) is 0.884. The second-order valence-corrected chi connectivity index (χ2v) is 2.68. The zero-order valence-electron chi connectivity index (χ0n) is 7.24. The summed E-state index contributed by atoms with van der Waals surface area (Å²) in [6.07, 6.45) is 3.59. The normalized spacial score (nSPS) is 9.80. The summed E-state index contributed by atoms with van der Waals surface area (Å²) < 4.78 is 0. The van der Waals surface area contributed by atoms with Crippen molar-refractivity contribution in [2.45, 2.75) is 33.1 Å². The van der Waals surface area contributed by atoms with Crippen LogP contribution in [-0.2, 0) is 0 Å². The lowest BCUT2D eigenvalue weighted by Crippen LogP contribution is -2.17. The molecule has 0 amide bonds. The van der Waals surface area contributed by atoms with Crippen molar-refractivity contribution in [1.82, 2.24) is 5.32 Å². The third-order valence-corrected chi connectivity index (χ3v) is 1.41. The molecule has 0 bridgehead atoms. The Morgan fingerprint density at radius 3 is 2.50 bits per heavy atom. The summed E-state index contributed by atoms with van der Waals surface area (Å²) in [6, 6.07) is 0. The molecule has 1 heteroatoms. The zero-order chi connectivity index (χ0) is 7.82. The van der Waals surface area contributed by atoms with Crippen molar-refractivity contribution in [2.24, 2.45) is 0 Å². The molecule has 0 spiro atoms.